The number of aryl methyl sites for hydroxylation is 1. The van der Waals surface area contributed by atoms with Gasteiger partial charge in [0.1, 0.15) is 4.47 Å². The highest BCUT2D eigenvalue weighted by Gasteiger charge is 2.20. The molecular weight excluding hydrogens is 274 g/mol. The Labute approximate surface area is 102 Å². The Morgan fingerprint density at radius 2 is 2.38 bits per heavy atom. The molecule has 1 saturated heterocycles. The lowest BCUT2D eigenvalue weighted by Gasteiger charge is -2.33. The summed E-state index contributed by atoms with van der Waals surface area (Å²) in [4.78, 5) is 13.8. The third-order valence-electron chi connectivity index (χ3n) is 2.64. The van der Waals surface area contributed by atoms with E-state index in [2.05, 4.69) is 25.9 Å². The Hall–Kier alpha value is -0.880. The van der Waals surface area contributed by atoms with Crippen LogP contribution in [0, 0.1) is 0 Å². The van der Waals surface area contributed by atoms with Crippen LogP contribution in [0.5, 0.6) is 0 Å². The number of hydrogen-bond acceptors (Lipinski definition) is 4. The molecule has 2 rings (SSSR count). The number of hydrogen-bond donors (Lipinski definition) is 0. The minimum absolute atomic E-state index is 0.114. The largest absolute Gasteiger partial charge is 0.375 e. The van der Waals surface area contributed by atoms with Crippen LogP contribution in [-0.4, -0.2) is 35.6 Å². The van der Waals surface area contributed by atoms with Crippen molar-refractivity contribution >= 4 is 21.6 Å². The van der Waals surface area contributed by atoms with Crippen molar-refractivity contribution in [3.8, 4) is 0 Å². The summed E-state index contributed by atoms with van der Waals surface area (Å²) in [6, 6.07) is 0. The highest BCUT2D eigenvalue weighted by atomic mass is 79.9. The van der Waals surface area contributed by atoms with Gasteiger partial charge in [-0.2, -0.15) is 5.10 Å². The topological polar surface area (TPSA) is 47.4 Å². The van der Waals surface area contributed by atoms with E-state index in [4.69, 9.17) is 4.74 Å². The molecule has 1 fully saturated rings. The van der Waals surface area contributed by atoms with Crippen LogP contribution in [-0.2, 0) is 11.8 Å². The van der Waals surface area contributed by atoms with Crippen molar-refractivity contribution in [2.45, 2.75) is 13.0 Å². The lowest BCUT2D eigenvalue weighted by Crippen LogP contribution is -2.42. The minimum Gasteiger partial charge on any atom is -0.375 e. The monoisotopic (exact) mass is 287 g/mol. The Bertz CT molecular complexity index is 446. The second kappa shape index (κ2) is 4.55. The number of halogens is 1. The van der Waals surface area contributed by atoms with Gasteiger partial charge >= 0.3 is 0 Å². The van der Waals surface area contributed by atoms with E-state index in [1.807, 2.05) is 6.92 Å². The van der Waals surface area contributed by atoms with Crippen molar-refractivity contribution < 1.29 is 4.74 Å². The maximum Gasteiger partial charge on any atom is 0.282 e. The van der Waals surface area contributed by atoms with E-state index in [1.165, 1.54) is 4.68 Å². The van der Waals surface area contributed by atoms with Gasteiger partial charge in [-0.15, -0.1) is 0 Å². The summed E-state index contributed by atoms with van der Waals surface area (Å²) in [5, 5.41) is 4.03. The maximum atomic E-state index is 11.7. The smallest absolute Gasteiger partial charge is 0.282 e. The van der Waals surface area contributed by atoms with Crippen LogP contribution in [0.1, 0.15) is 6.92 Å². The van der Waals surface area contributed by atoms with Crippen molar-refractivity contribution in [3.05, 3.63) is 21.0 Å². The van der Waals surface area contributed by atoms with E-state index in [0.29, 0.717) is 11.1 Å². The van der Waals surface area contributed by atoms with E-state index in [-0.39, 0.29) is 11.7 Å². The van der Waals surface area contributed by atoms with Gasteiger partial charge in [0, 0.05) is 20.1 Å². The van der Waals surface area contributed by atoms with Gasteiger partial charge in [-0.3, -0.25) is 4.79 Å². The van der Waals surface area contributed by atoms with Crippen molar-refractivity contribution in [1.82, 2.24) is 9.78 Å². The van der Waals surface area contributed by atoms with Crippen LogP contribution in [0.3, 0.4) is 0 Å². The summed E-state index contributed by atoms with van der Waals surface area (Å²) in [5.74, 6) is 0. The fourth-order valence-corrected chi connectivity index (χ4v) is 2.37. The van der Waals surface area contributed by atoms with Gasteiger partial charge in [-0.1, -0.05) is 0 Å². The van der Waals surface area contributed by atoms with Gasteiger partial charge in [0.25, 0.3) is 5.56 Å². The lowest BCUT2D eigenvalue weighted by atomic mass is 10.3. The lowest BCUT2D eigenvalue weighted by molar-refractivity contribution is 0.0531. The van der Waals surface area contributed by atoms with Gasteiger partial charge < -0.3 is 9.64 Å². The summed E-state index contributed by atoms with van der Waals surface area (Å²) in [6.45, 7) is 4.28. The van der Waals surface area contributed by atoms with Gasteiger partial charge in [0.2, 0.25) is 0 Å². The van der Waals surface area contributed by atoms with E-state index in [0.717, 1.165) is 18.8 Å². The van der Waals surface area contributed by atoms with Crippen molar-refractivity contribution in [2.75, 3.05) is 24.6 Å². The highest BCUT2D eigenvalue weighted by molar-refractivity contribution is 9.10. The predicted octanol–water partition coefficient (Wildman–Crippen LogP) is 0.768. The zero-order chi connectivity index (χ0) is 11.7. The third-order valence-corrected chi connectivity index (χ3v) is 3.39. The van der Waals surface area contributed by atoms with Crippen LogP contribution in [0.15, 0.2) is 15.5 Å². The molecule has 0 saturated carbocycles. The minimum atomic E-state index is -0.114. The zero-order valence-corrected chi connectivity index (χ0v) is 10.9. The molecule has 5 nitrogen and oxygen atoms in total. The number of aromatic nitrogens is 2. The van der Waals surface area contributed by atoms with Gasteiger partial charge in [0.05, 0.1) is 24.6 Å². The molecule has 0 bridgehead atoms. The molecule has 1 aromatic heterocycles. The second-order valence-electron chi connectivity index (χ2n) is 3.90. The molecule has 1 atom stereocenters. The van der Waals surface area contributed by atoms with Crippen LogP contribution in [0.2, 0.25) is 0 Å². The normalized spacial score (nSPS) is 21.2. The van der Waals surface area contributed by atoms with Crippen molar-refractivity contribution in [3.63, 3.8) is 0 Å². The first-order valence-corrected chi connectivity index (χ1v) is 5.97. The Morgan fingerprint density at radius 1 is 1.62 bits per heavy atom. The van der Waals surface area contributed by atoms with E-state index in [1.54, 1.807) is 13.2 Å². The van der Waals surface area contributed by atoms with Crippen LogP contribution in [0.25, 0.3) is 0 Å². The van der Waals surface area contributed by atoms with Crippen LogP contribution in [0.4, 0.5) is 5.69 Å². The van der Waals surface area contributed by atoms with E-state index < -0.39 is 0 Å². The molecule has 1 aliphatic heterocycles. The molecular formula is C10H14BrN3O2. The Balaban J connectivity index is 2.33. The van der Waals surface area contributed by atoms with Crippen LogP contribution < -0.4 is 10.5 Å². The highest BCUT2D eigenvalue weighted by Crippen LogP contribution is 2.23. The number of anilines is 1. The molecule has 0 aliphatic carbocycles. The Kier molecular flexibility index (Phi) is 3.30. The fraction of sp³-hybridized carbons (Fsp3) is 0.600. The standard InChI is InChI=1S/C10H14BrN3O2/c1-7-6-14(3-4-16-7)8-5-12-13(2)10(15)9(8)11/h5,7H,3-4,6H2,1-2H3. The van der Waals surface area contributed by atoms with E-state index >= 15 is 0 Å². The molecule has 1 aliphatic rings. The first-order chi connectivity index (χ1) is 7.59. The molecule has 6 heteroatoms. The van der Waals surface area contributed by atoms with Crippen LogP contribution >= 0.6 is 15.9 Å². The molecule has 0 amide bonds. The molecule has 0 aromatic carbocycles. The Morgan fingerprint density at radius 3 is 3.06 bits per heavy atom. The average molecular weight is 288 g/mol. The summed E-state index contributed by atoms with van der Waals surface area (Å²) in [7, 11) is 1.64. The molecule has 0 N–H and O–H groups in total. The summed E-state index contributed by atoms with van der Waals surface area (Å²) in [5.41, 5.74) is 0.731. The number of nitrogens with zero attached hydrogens (tertiary/aromatic N) is 3. The first kappa shape index (κ1) is 11.6. The molecule has 1 unspecified atom stereocenters. The van der Waals surface area contributed by atoms with E-state index in [9.17, 15) is 4.79 Å². The summed E-state index contributed by atoms with van der Waals surface area (Å²) in [6.07, 6.45) is 1.90. The third kappa shape index (κ3) is 2.12. The average Bonchev–Trinajstić information content (AvgIpc) is 2.26. The molecule has 0 radical (unpaired) electrons. The number of morpholine rings is 1. The van der Waals surface area contributed by atoms with Gasteiger partial charge in [-0.05, 0) is 22.9 Å². The maximum absolute atomic E-state index is 11.7. The molecule has 16 heavy (non-hydrogen) atoms. The molecule has 0 spiro atoms. The zero-order valence-electron chi connectivity index (χ0n) is 9.31. The number of ether oxygens (including phenoxy) is 1. The van der Waals surface area contributed by atoms with Crippen molar-refractivity contribution in [2.24, 2.45) is 7.05 Å². The molecule has 1 aromatic rings. The number of rotatable bonds is 1. The van der Waals surface area contributed by atoms with Gasteiger partial charge in [0.15, 0.2) is 0 Å². The quantitative estimate of drug-likeness (QED) is 0.766. The fourth-order valence-electron chi connectivity index (χ4n) is 1.76. The second-order valence-corrected chi connectivity index (χ2v) is 4.69. The SMILES string of the molecule is CC1CN(c2cnn(C)c(=O)c2Br)CCO1. The first-order valence-electron chi connectivity index (χ1n) is 5.18. The predicted molar refractivity (Wildman–Crippen MR) is 64.8 cm³/mol. The van der Waals surface area contributed by atoms with Crippen molar-refractivity contribution in [1.29, 1.82) is 0 Å². The molecule has 2 heterocycles. The summed E-state index contributed by atoms with van der Waals surface area (Å²) < 4.78 is 7.35. The van der Waals surface area contributed by atoms with Gasteiger partial charge in [-0.25, -0.2) is 4.68 Å². The molecule has 88 valence electrons. The summed E-state index contributed by atoms with van der Waals surface area (Å²) >= 11 is 3.33.